The number of benzene rings is 2. The second-order valence-corrected chi connectivity index (χ2v) is 7.85. The minimum atomic E-state index is -0.474. The molecule has 1 aliphatic heterocycles. The van der Waals surface area contributed by atoms with Gasteiger partial charge in [0.2, 0.25) is 0 Å². The molecule has 0 radical (unpaired) electrons. The minimum Gasteiger partial charge on any atom is -0.336 e. The van der Waals surface area contributed by atoms with Gasteiger partial charge in [0.1, 0.15) is 11.3 Å². The fraction of sp³-hybridized carbons (Fsp3) is 0.318. The summed E-state index contributed by atoms with van der Waals surface area (Å²) in [6.07, 6.45) is 0. The zero-order chi connectivity index (χ0) is 20.5. The van der Waals surface area contributed by atoms with E-state index in [1.54, 1.807) is 4.90 Å². The molecule has 150 valence electrons. The van der Waals surface area contributed by atoms with Crippen LogP contribution in [0.4, 0.5) is 4.39 Å². The van der Waals surface area contributed by atoms with Crippen LogP contribution in [0, 0.1) is 19.7 Å². The zero-order valence-corrected chi connectivity index (χ0v) is 17.2. The molecule has 1 aliphatic rings. The van der Waals surface area contributed by atoms with Crippen LogP contribution in [0.3, 0.4) is 0 Å². The average Bonchev–Trinajstić information content (AvgIpc) is 2.69. The first-order valence-electron chi connectivity index (χ1n) is 9.61. The number of piperazine rings is 1. The fourth-order valence-corrected chi connectivity index (χ4v) is 3.85. The van der Waals surface area contributed by atoms with Crippen molar-refractivity contribution in [2.75, 3.05) is 26.2 Å². The molecule has 0 saturated carbocycles. The van der Waals surface area contributed by atoms with Crippen LogP contribution < -0.4 is 0 Å². The Bertz CT molecular complexity index is 1080. The van der Waals surface area contributed by atoms with Crippen LogP contribution in [-0.2, 0) is 6.54 Å². The number of hydrogen-bond acceptors (Lipinski definition) is 4. The van der Waals surface area contributed by atoms with Crippen molar-refractivity contribution in [2.45, 2.75) is 20.4 Å². The molecular formula is C22H22ClFN4O. The summed E-state index contributed by atoms with van der Waals surface area (Å²) < 4.78 is 14.1. The Kier molecular flexibility index (Phi) is 5.48. The van der Waals surface area contributed by atoms with E-state index in [9.17, 15) is 9.18 Å². The van der Waals surface area contributed by atoms with Crippen molar-refractivity contribution in [1.82, 2.24) is 19.8 Å². The van der Waals surface area contributed by atoms with E-state index in [4.69, 9.17) is 11.6 Å². The molecular weight excluding hydrogens is 391 g/mol. The van der Waals surface area contributed by atoms with E-state index in [1.165, 1.54) is 12.1 Å². The lowest BCUT2D eigenvalue weighted by Gasteiger charge is -2.35. The lowest BCUT2D eigenvalue weighted by atomic mass is 10.1. The Morgan fingerprint density at radius 1 is 1.07 bits per heavy atom. The van der Waals surface area contributed by atoms with Crippen molar-refractivity contribution < 1.29 is 9.18 Å². The summed E-state index contributed by atoms with van der Waals surface area (Å²) in [5, 5.41) is 0.723. The second kappa shape index (κ2) is 8.05. The number of fused-ring (bicyclic) bond motifs is 1. The lowest BCUT2D eigenvalue weighted by Crippen LogP contribution is -2.48. The molecule has 29 heavy (non-hydrogen) atoms. The molecule has 1 aromatic heterocycles. The minimum absolute atomic E-state index is 0.200. The Morgan fingerprint density at radius 3 is 2.52 bits per heavy atom. The molecule has 5 nitrogen and oxygen atoms in total. The molecule has 1 fully saturated rings. The third kappa shape index (κ3) is 4.23. The zero-order valence-electron chi connectivity index (χ0n) is 16.5. The number of aryl methyl sites for hydroxylation is 2. The number of carbonyl (C=O) groups is 1. The smallest absolute Gasteiger partial charge is 0.256 e. The Balaban J connectivity index is 1.50. The summed E-state index contributed by atoms with van der Waals surface area (Å²) in [4.78, 5) is 26.1. The van der Waals surface area contributed by atoms with Crippen LogP contribution in [0.2, 0.25) is 5.02 Å². The summed E-state index contributed by atoms with van der Waals surface area (Å²) in [7, 11) is 0. The normalized spacial score (nSPS) is 15.1. The van der Waals surface area contributed by atoms with E-state index in [2.05, 4.69) is 14.9 Å². The van der Waals surface area contributed by atoms with Crippen LogP contribution in [0.1, 0.15) is 27.3 Å². The maximum atomic E-state index is 14.1. The molecule has 2 aromatic carbocycles. The quantitative estimate of drug-likeness (QED) is 0.652. The molecule has 7 heteroatoms. The van der Waals surface area contributed by atoms with E-state index in [-0.39, 0.29) is 11.5 Å². The Labute approximate surface area is 174 Å². The lowest BCUT2D eigenvalue weighted by molar-refractivity contribution is 0.0629. The molecule has 0 bridgehead atoms. The Hall–Kier alpha value is -2.57. The van der Waals surface area contributed by atoms with Crippen molar-refractivity contribution in [3.8, 4) is 0 Å². The van der Waals surface area contributed by atoms with Crippen LogP contribution in [0.15, 0.2) is 36.4 Å². The molecule has 4 rings (SSSR count). The van der Waals surface area contributed by atoms with E-state index in [0.717, 1.165) is 41.6 Å². The van der Waals surface area contributed by atoms with Gasteiger partial charge < -0.3 is 4.90 Å². The molecule has 2 heterocycles. The SMILES string of the molecule is Cc1nc2cc(F)cc(C(=O)N3CCN(Cc4cccc(Cl)c4)CC3)c2nc1C. The van der Waals surface area contributed by atoms with Gasteiger partial charge in [0, 0.05) is 43.8 Å². The highest BCUT2D eigenvalue weighted by Gasteiger charge is 2.25. The predicted octanol–water partition coefficient (Wildman–Crippen LogP) is 4.00. The average molecular weight is 413 g/mol. The molecule has 3 aromatic rings. The van der Waals surface area contributed by atoms with E-state index in [0.29, 0.717) is 24.1 Å². The number of halogens is 2. The van der Waals surface area contributed by atoms with Crippen LogP contribution in [0.25, 0.3) is 11.0 Å². The van der Waals surface area contributed by atoms with Gasteiger partial charge in [-0.2, -0.15) is 0 Å². The molecule has 0 N–H and O–H groups in total. The fourth-order valence-electron chi connectivity index (χ4n) is 3.63. The third-order valence-corrected chi connectivity index (χ3v) is 5.57. The van der Waals surface area contributed by atoms with Gasteiger partial charge in [-0.15, -0.1) is 0 Å². The summed E-state index contributed by atoms with van der Waals surface area (Å²) in [6, 6.07) is 10.4. The monoisotopic (exact) mass is 412 g/mol. The first-order valence-corrected chi connectivity index (χ1v) is 9.99. The molecule has 0 spiro atoms. The molecule has 1 amide bonds. The highest BCUT2D eigenvalue weighted by Crippen LogP contribution is 2.22. The van der Waals surface area contributed by atoms with Crippen molar-refractivity contribution in [2.24, 2.45) is 0 Å². The number of nitrogens with zero attached hydrogens (tertiary/aromatic N) is 4. The summed E-state index contributed by atoms with van der Waals surface area (Å²) in [5.41, 5.74) is 3.77. The van der Waals surface area contributed by atoms with E-state index in [1.807, 2.05) is 38.1 Å². The van der Waals surface area contributed by atoms with Gasteiger partial charge in [0.25, 0.3) is 5.91 Å². The summed E-state index contributed by atoms with van der Waals surface area (Å²) >= 11 is 6.06. The largest absolute Gasteiger partial charge is 0.336 e. The predicted molar refractivity (Wildman–Crippen MR) is 112 cm³/mol. The highest BCUT2D eigenvalue weighted by atomic mass is 35.5. The van der Waals surface area contributed by atoms with E-state index >= 15 is 0 Å². The van der Waals surface area contributed by atoms with Gasteiger partial charge in [0.05, 0.1) is 22.5 Å². The third-order valence-electron chi connectivity index (χ3n) is 5.33. The van der Waals surface area contributed by atoms with Gasteiger partial charge >= 0.3 is 0 Å². The van der Waals surface area contributed by atoms with Gasteiger partial charge in [-0.25, -0.2) is 14.4 Å². The van der Waals surface area contributed by atoms with Crippen molar-refractivity contribution in [3.05, 3.63) is 69.8 Å². The molecule has 0 atom stereocenters. The second-order valence-electron chi connectivity index (χ2n) is 7.41. The highest BCUT2D eigenvalue weighted by molar-refractivity contribution is 6.30. The van der Waals surface area contributed by atoms with E-state index < -0.39 is 5.82 Å². The van der Waals surface area contributed by atoms with Crippen LogP contribution in [0.5, 0.6) is 0 Å². The van der Waals surface area contributed by atoms with Crippen LogP contribution >= 0.6 is 11.6 Å². The topological polar surface area (TPSA) is 49.3 Å². The summed E-state index contributed by atoms with van der Waals surface area (Å²) in [5.74, 6) is -0.674. The van der Waals surface area contributed by atoms with Gasteiger partial charge in [0.15, 0.2) is 0 Å². The van der Waals surface area contributed by atoms with Crippen molar-refractivity contribution in [3.63, 3.8) is 0 Å². The van der Waals surface area contributed by atoms with Crippen LogP contribution in [-0.4, -0.2) is 51.9 Å². The van der Waals surface area contributed by atoms with Gasteiger partial charge in [-0.05, 0) is 37.6 Å². The molecule has 0 unspecified atom stereocenters. The van der Waals surface area contributed by atoms with Crippen molar-refractivity contribution in [1.29, 1.82) is 0 Å². The number of rotatable bonds is 3. The van der Waals surface area contributed by atoms with Gasteiger partial charge in [-0.1, -0.05) is 23.7 Å². The van der Waals surface area contributed by atoms with Crippen molar-refractivity contribution >= 4 is 28.5 Å². The maximum absolute atomic E-state index is 14.1. The first-order chi connectivity index (χ1) is 13.9. The van der Waals surface area contributed by atoms with Gasteiger partial charge in [-0.3, -0.25) is 9.69 Å². The number of aromatic nitrogens is 2. The summed E-state index contributed by atoms with van der Waals surface area (Å²) in [6.45, 7) is 7.10. The molecule has 0 aliphatic carbocycles. The first kappa shape index (κ1) is 19.7. The molecule has 1 saturated heterocycles. The number of carbonyl (C=O) groups excluding carboxylic acids is 1. The number of amides is 1. The standard InChI is InChI=1S/C22H22ClFN4O/c1-14-15(2)26-21-19(11-18(24)12-20(21)25-14)22(29)28-8-6-27(7-9-28)13-16-4-3-5-17(23)10-16/h3-5,10-12H,6-9,13H2,1-2H3. The Morgan fingerprint density at radius 2 is 1.79 bits per heavy atom. The maximum Gasteiger partial charge on any atom is 0.256 e. The number of hydrogen-bond donors (Lipinski definition) is 0.